The maximum absolute atomic E-state index is 13.1. The highest BCUT2D eigenvalue weighted by molar-refractivity contribution is 8.00. The number of hydrogen-bond donors (Lipinski definition) is 8. The zero-order valence-electron chi connectivity index (χ0n) is 33.0. The molecule has 1 saturated heterocycles. The number of benzene rings is 1. The van der Waals surface area contributed by atoms with Gasteiger partial charge in [-0.15, -0.1) is 11.8 Å². The van der Waals surface area contributed by atoms with Crippen LogP contribution in [-0.2, 0) is 40.0 Å². The summed E-state index contributed by atoms with van der Waals surface area (Å²) in [6.07, 6.45) is 4.31. The van der Waals surface area contributed by atoms with E-state index in [1.54, 1.807) is 26.3 Å². The first-order chi connectivity index (χ1) is 28.6. The number of thioether (sulfide) groups is 1. The van der Waals surface area contributed by atoms with Gasteiger partial charge in [-0.25, -0.2) is 19.6 Å². The molecule has 322 valence electrons. The van der Waals surface area contributed by atoms with E-state index in [2.05, 4.69) is 41.2 Å². The predicted molar refractivity (Wildman–Crippen MR) is 216 cm³/mol. The number of carbonyl (C=O) groups excluding carboxylic acids is 5. The van der Waals surface area contributed by atoms with Crippen molar-refractivity contribution in [2.45, 2.75) is 87.3 Å². The van der Waals surface area contributed by atoms with Crippen molar-refractivity contribution in [2.75, 3.05) is 37.5 Å². The molecule has 1 aromatic carbocycles. The van der Waals surface area contributed by atoms with E-state index >= 15 is 0 Å². The normalized spacial score (nSPS) is 20.0. The summed E-state index contributed by atoms with van der Waals surface area (Å²) in [5.74, 6) is -5.52. The number of methoxy groups -OCH3 is 1. The lowest BCUT2D eigenvalue weighted by Gasteiger charge is -2.39. The molecule has 5 amide bonds. The Labute approximate surface area is 347 Å². The number of nitrogens with two attached hydrogens (primary N) is 1. The number of carboxylic acids is 2. The molecule has 1 saturated carbocycles. The highest BCUT2D eigenvalue weighted by Gasteiger charge is 2.41. The summed E-state index contributed by atoms with van der Waals surface area (Å²) in [7, 11) is 3.23. The van der Waals surface area contributed by atoms with Crippen molar-refractivity contribution in [3.8, 4) is 0 Å². The summed E-state index contributed by atoms with van der Waals surface area (Å²) < 4.78 is 5.83. The third-order valence-electron chi connectivity index (χ3n) is 10.6. The molecule has 1 unspecified atom stereocenters. The zero-order valence-corrected chi connectivity index (χ0v) is 33.8. The maximum Gasteiger partial charge on any atom is 0.327 e. The summed E-state index contributed by atoms with van der Waals surface area (Å²) >= 11 is 0.937. The van der Waals surface area contributed by atoms with Crippen molar-refractivity contribution in [3.05, 3.63) is 52.1 Å². The van der Waals surface area contributed by atoms with Crippen molar-refractivity contribution in [1.29, 1.82) is 0 Å². The van der Waals surface area contributed by atoms with Gasteiger partial charge in [-0.05, 0) is 69.2 Å². The molecule has 0 radical (unpaired) electrons. The maximum atomic E-state index is 13.1. The van der Waals surface area contributed by atoms with E-state index in [-0.39, 0.29) is 72.1 Å². The van der Waals surface area contributed by atoms with E-state index in [1.807, 2.05) is 0 Å². The largest absolute Gasteiger partial charge is 0.480 e. The Balaban J connectivity index is 1.04. The van der Waals surface area contributed by atoms with Gasteiger partial charge in [0.05, 0.1) is 29.3 Å². The molecule has 3 heterocycles. The Hall–Kier alpha value is -6.16. The lowest BCUT2D eigenvalue weighted by atomic mass is 9.76. The number of carbonyl (C=O) groups is 7. The second-order valence-electron chi connectivity index (χ2n) is 14.6. The van der Waals surface area contributed by atoms with Gasteiger partial charge in [-0.1, -0.05) is 0 Å². The van der Waals surface area contributed by atoms with Crippen molar-refractivity contribution in [3.63, 3.8) is 0 Å². The number of imide groups is 1. The SMILES string of the molecule is CNC(=O)C1CCC(CCCN2C(=O)CC(SC[C@H](NC(=O)CC[C@H](NC(=O)c3ccc(NCc4cnc5nc(N)[nH]c(=O)c5n4)cc3)C(=O)O)C(=O)O)C2=O)(OC)CC1. The topological polar surface area (TPSA) is 318 Å². The number of aromatic amines is 1. The van der Waals surface area contributed by atoms with Gasteiger partial charge in [0, 0.05) is 56.5 Å². The molecule has 9 N–H and O–H groups in total. The monoisotopic (exact) mass is 852 g/mol. The molecule has 60 heavy (non-hydrogen) atoms. The molecule has 0 spiro atoms. The van der Waals surface area contributed by atoms with Crippen LogP contribution < -0.4 is 32.6 Å². The van der Waals surface area contributed by atoms with Gasteiger partial charge in [0.1, 0.15) is 12.1 Å². The number of rotatable bonds is 20. The second-order valence-corrected chi connectivity index (χ2v) is 15.8. The molecule has 2 fully saturated rings. The van der Waals surface area contributed by atoms with Gasteiger partial charge < -0.3 is 42.0 Å². The summed E-state index contributed by atoms with van der Waals surface area (Å²) in [5.41, 5.74) is 5.78. The Morgan fingerprint density at radius 1 is 1.03 bits per heavy atom. The Bertz CT molecular complexity index is 2160. The van der Waals surface area contributed by atoms with Crippen LogP contribution in [0, 0.1) is 5.92 Å². The first-order valence-corrected chi connectivity index (χ1v) is 20.3. The quantitative estimate of drug-likeness (QED) is 0.0714. The van der Waals surface area contributed by atoms with Gasteiger partial charge in [0.15, 0.2) is 11.2 Å². The van der Waals surface area contributed by atoms with Crippen LogP contribution in [-0.4, -0.2) is 126 Å². The minimum Gasteiger partial charge on any atom is -0.480 e. The van der Waals surface area contributed by atoms with Crippen LogP contribution in [0.15, 0.2) is 35.3 Å². The van der Waals surface area contributed by atoms with E-state index in [1.165, 1.54) is 23.2 Å². The minimum atomic E-state index is -1.48. The molecule has 2 aromatic heterocycles. The van der Waals surface area contributed by atoms with E-state index in [9.17, 15) is 48.6 Å². The van der Waals surface area contributed by atoms with Crippen LogP contribution in [0.3, 0.4) is 0 Å². The number of nitrogens with zero attached hydrogens (tertiary/aromatic N) is 4. The standard InChI is InChI=1S/C38H48N10O11S/c1-40-31(51)21-10-13-38(59-2,14-11-21)12-3-15-48-28(50)16-26(34(48)54)60-19-25(36(57)58)44-27(49)9-8-24(35(55)56)45-32(52)20-4-6-22(7-5-20)41-17-23-18-42-30-29(43-23)33(53)47-37(39)46-30/h4-7,18,21,24-26,41H,3,8-17,19H2,1-2H3,(H,40,51)(H,44,49)(H,45,52)(H,55,56)(H,57,58)(H3,39,42,46,47,53)/t21?,24-,25-,26?,38?/m0/s1. The van der Waals surface area contributed by atoms with Crippen LogP contribution in [0.4, 0.5) is 11.6 Å². The molecule has 5 rings (SSSR count). The van der Waals surface area contributed by atoms with Gasteiger partial charge in [-0.3, -0.25) is 38.7 Å². The van der Waals surface area contributed by atoms with Crippen LogP contribution in [0.5, 0.6) is 0 Å². The number of ether oxygens (including phenoxy) is 1. The number of fused-ring (bicyclic) bond motifs is 1. The molecular weight excluding hydrogens is 805 g/mol. The van der Waals surface area contributed by atoms with Crippen LogP contribution in [0.25, 0.3) is 11.2 Å². The average molecular weight is 853 g/mol. The summed E-state index contributed by atoms with van der Waals surface area (Å²) in [6, 6.07) is 3.11. The van der Waals surface area contributed by atoms with Crippen molar-refractivity contribution >= 4 is 76.0 Å². The number of carboxylic acid groups (broad SMARTS) is 2. The van der Waals surface area contributed by atoms with E-state index in [0.29, 0.717) is 49.9 Å². The fourth-order valence-electron chi connectivity index (χ4n) is 7.16. The van der Waals surface area contributed by atoms with E-state index in [4.69, 9.17) is 10.5 Å². The Morgan fingerprint density at radius 2 is 1.73 bits per heavy atom. The van der Waals surface area contributed by atoms with Gasteiger partial charge in [0.25, 0.3) is 11.5 Å². The number of hydrogen-bond acceptors (Lipinski definition) is 15. The zero-order chi connectivity index (χ0) is 43.6. The molecule has 3 aromatic rings. The van der Waals surface area contributed by atoms with E-state index < -0.39 is 64.6 Å². The number of amides is 5. The molecule has 0 bridgehead atoms. The van der Waals surface area contributed by atoms with Crippen molar-refractivity contribution < 1.29 is 48.5 Å². The highest BCUT2D eigenvalue weighted by Crippen LogP contribution is 2.38. The van der Waals surface area contributed by atoms with Crippen molar-refractivity contribution in [2.24, 2.45) is 5.92 Å². The minimum absolute atomic E-state index is 0.00298. The Morgan fingerprint density at radius 3 is 2.38 bits per heavy atom. The third kappa shape index (κ3) is 11.5. The van der Waals surface area contributed by atoms with Crippen LogP contribution in [0.1, 0.15) is 73.8 Å². The number of aromatic nitrogens is 4. The van der Waals surface area contributed by atoms with Gasteiger partial charge >= 0.3 is 11.9 Å². The van der Waals surface area contributed by atoms with Gasteiger partial charge in [-0.2, -0.15) is 4.98 Å². The summed E-state index contributed by atoms with van der Waals surface area (Å²) in [6.45, 7) is 0.339. The number of aliphatic carboxylic acids is 2. The number of likely N-dealkylation sites (tertiary alicyclic amines) is 1. The molecule has 3 atom stereocenters. The summed E-state index contributed by atoms with van der Waals surface area (Å²) in [5, 5.41) is 29.2. The molecule has 22 heteroatoms. The smallest absolute Gasteiger partial charge is 0.327 e. The molecule has 1 aliphatic heterocycles. The number of H-pyrrole nitrogens is 1. The van der Waals surface area contributed by atoms with Crippen LogP contribution >= 0.6 is 11.8 Å². The number of nitrogens with one attached hydrogen (secondary N) is 5. The Kier molecular flexibility index (Phi) is 15.1. The lowest BCUT2D eigenvalue weighted by molar-refractivity contribution is -0.142. The molecule has 21 nitrogen and oxygen atoms in total. The van der Waals surface area contributed by atoms with Crippen molar-refractivity contribution in [1.82, 2.24) is 40.8 Å². The fraction of sp³-hybridized carbons (Fsp3) is 0.500. The number of anilines is 2. The molecule has 1 aliphatic carbocycles. The number of nitrogen functional groups attached to an aromatic ring is 1. The predicted octanol–water partition coefficient (Wildman–Crippen LogP) is 0.402. The molecular formula is C38H48N10O11S. The molecule has 2 aliphatic rings. The first kappa shape index (κ1) is 44.9. The highest BCUT2D eigenvalue weighted by atomic mass is 32.2. The van der Waals surface area contributed by atoms with Gasteiger partial charge in [0.2, 0.25) is 29.6 Å². The fourth-order valence-corrected chi connectivity index (χ4v) is 8.34. The first-order valence-electron chi connectivity index (χ1n) is 19.3. The van der Waals surface area contributed by atoms with Crippen LogP contribution in [0.2, 0.25) is 0 Å². The average Bonchev–Trinajstić information content (AvgIpc) is 3.50. The summed E-state index contributed by atoms with van der Waals surface area (Å²) in [4.78, 5) is 116. The second kappa shape index (κ2) is 20.2. The van der Waals surface area contributed by atoms with E-state index in [0.717, 1.165) is 11.8 Å². The third-order valence-corrected chi connectivity index (χ3v) is 11.9. The lowest BCUT2D eigenvalue weighted by Crippen LogP contribution is -2.45.